The van der Waals surface area contributed by atoms with Crippen molar-refractivity contribution in [2.75, 3.05) is 12.0 Å². The van der Waals surface area contributed by atoms with Gasteiger partial charge >= 0.3 is 0 Å². The van der Waals surface area contributed by atoms with Crippen molar-refractivity contribution in [3.63, 3.8) is 0 Å². The fourth-order valence-corrected chi connectivity index (χ4v) is 2.10. The second-order valence-electron chi connectivity index (χ2n) is 4.58. The van der Waals surface area contributed by atoms with E-state index < -0.39 is 0 Å². The number of aromatic nitrogens is 3. The first-order valence-electron chi connectivity index (χ1n) is 6.51. The molecular weight excluding hydrogens is 292 g/mol. The number of hydrogen-bond acceptors (Lipinski definition) is 5. The van der Waals surface area contributed by atoms with E-state index in [1.807, 2.05) is 6.92 Å². The first-order chi connectivity index (χ1) is 10.1. The molecule has 0 bridgehead atoms. The third-order valence-corrected chi connectivity index (χ3v) is 3.37. The average Bonchev–Trinajstić information content (AvgIpc) is 2.88. The molecule has 0 radical (unpaired) electrons. The van der Waals surface area contributed by atoms with Crippen LogP contribution in [0, 0.1) is 6.92 Å². The van der Waals surface area contributed by atoms with E-state index in [4.69, 9.17) is 17.4 Å². The van der Waals surface area contributed by atoms with Gasteiger partial charge in [-0.15, -0.1) is 0 Å². The Labute approximate surface area is 127 Å². The number of aryl methyl sites for hydroxylation is 2. The predicted molar refractivity (Wildman–Crippen MR) is 81.0 cm³/mol. The van der Waals surface area contributed by atoms with Crippen molar-refractivity contribution in [3.05, 3.63) is 40.3 Å². The zero-order valence-electron chi connectivity index (χ0n) is 11.6. The molecule has 0 aliphatic carbocycles. The van der Waals surface area contributed by atoms with Crippen LogP contribution in [0.3, 0.4) is 0 Å². The Morgan fingerprint density at radius 1 is 1.48 bits per heavy atom. The number of amides is 1. The maximum Gasteiger partial charge on any atom is 0.252 e. The van der Waals surface area contributed by atoms with Gasteiger partial charge in [0.2, 0.25) is 0 Å². The Bertz CT molecular complexity index is 627. The number of rotatable bonds is 6. The number of nitrogen functional groups attached to an aromatic ring is 1. The van der Waals surface area contributed by atoms with Crippen molar-refractivity contribution in [1.82, 2.24) is 20.5 Å². The van der Waals surface area contributed by atoms with Crippen LogP contribution in [-0.4, -0.2) is 27.6 Å². The minimum atomic E-state index is -0.211. The lowest BCUT2D eigenvalue weighted by molar-refractivity contribution is 0.0953. The Hall–Kier alpha value is -2.12. The van der Waals surface area contributed by atoms with Gasteiger partial charge in [-0.2, -0.15) is 5.10 Å². The lowest BCUT2D eigenvalue weighted by Crippen LogP contribution is -2.25. The maximum absolute atomic E-state index is 11.9. The van der Waals surface area contributed by atoms with Gasteiger partial charge in [-0.25, -0.2) is 10.8 Å². The summed E-state index contributed by atoms with van der Waals surface area (Å²) in [5, 5.41) is 9.97. The summed E-state index contributed by atoms with van der Waals surface area (Å²) in [7, 11) is 0. The Morgan fingerprint density at radius 3 is 2.90 bits per heavy atom. The summed E-state index contributed by atoms with van der Waals surface area (Å²) in [6.45, 7) is 2.54. The number of carbonyl (C=O) groups excluding carboxylic acids is 1. The van der Waals surface area contributed by atoms with Gasteiger partial charge in [0.25, 0.3) is 5.91 Å². The van der Waals surface area contributed by atoms with E-state index in [9.17, 15) is 4.79 Å². The molecule has 0 atom stereocenters. The van der Waals surface area contributed by atoms with Gasteiger partial charge < -0.3 is 10.7 Å². The number of halogens is 1. The highest BCUT2D eigenvalue weighted by atomic mass is 35.5. The van der Waals surface area contributed by atoms with Crippen LogP contribution in [0.2, 0.25) is 5.02 Å². The number of aromatic amines is 1. The summed E-state index contributed by atoms with van der Waals surface area (Å²) in [6.07, 6.45) is 4.92. The SMILES string of the molecule is Cc1[nH]ncc1CCCNC(=O)c1cnc(NN)c(Cl)c1. The highest BCUT2D eigenvalue weighted by Gasteiger charge is 2.09. The number of nitrogens with two attached hydrogens (primary N) is 1. The predicted octanol–water partition coefficient (Wildman–Crippen LogP) is 1.41. The largest absolute Gasteiger partial charge is 0.352 e. The Balaban J connectivity index is 1.82. The Morgan fingerprint density at radius 2 is 2.29 bits per heavy atom. The van der Waals surface area contributed by atoms with Gasteiger partial charge in [0.05, 0.1) is 16.8 Å². The van der Waals surface area contributed by atoms with Gasteiger partial charge in [-0.1, -0.05) is 11.6 Å². The first-order valence-corrected chi connectivity index (χ1v) is 6.89. The standard InChI is InChI=1S/C13H17ClN6O/c1-8-9(7-18-20-8)3-2-4-16-13(21)10-5-11(14)12(19-15)17-6-10/h5-7H,2-4,15H2,1H3,(H,16,21)(H,17,19)(H,18,20). The minimum absolute atomic E-state index is 0.211. The zero-order chi connectivity index (χ0) is 15.2. The van der Waals surface area contributed by atoms with Crippen LogP contribution >= 0.6 is 11.6 Å². The van der Waals surface area contributed by atoms with Gasteiger partial charge in [-0.3, -0.25) is 9.89 Å². The summed E-state index contributed by atoms with van der Waals surface area (Å²) in [5.74, 6) is 5.35. The molecule has 0 saturated carbocycles. The summed E-state index contributed by atoms with van der Waals surface area (Å²) < 4.78 is 0. The third kappa shape index (κ3) is 3.93. The third-order valence-electron chi connectivity index (χ3n) is 3.08. The molecule has 8 heteroatoms. The van der Waals surface area contributed by atoms with Crippen molar-refractivity contribution in [2.45, 2.75) is 19.8 Å². The molecule has 2 rings (SSSR count). The van der Waals surface area contributed by atoms with E-state index in [1.165, 1.54) is 12.3 Å². The normalized spacial score (nSPS) is 10.4. The molecule has 0 spiro atoms. The molecule has 112 valence electrons. The number of nitrogens with one attached hydrogen (secondary N) is 3. The van der Waals surface area contributed by atoms with E-state index in [-0.39, 0.29) is 5.91 Å². The minimum Gasteiger partial charge on any atom is -0.352 e. The molecule has 2 heterocycles. The fourth-order valence-electron chi connectivity index (χ4n) is 1.88. The number of anilines is 1. The second kappa shape index (κ2) is 7.05. The van der Waals surface area contributed by atoms with Crippen LogP contribution in [0.5, 0.6) is 0 Å². The van der Waals surface area contributed by atoms with Crippen molar-refractivity contribution in [3.8, 4) is 0 Å². The number of nitrogens with zero attached hydrogens (tertiary/aromatic N) is 2. The van der Waals surface area contributed by atoms with E-state index >= 15 is 0 Å². The number of H-pyrrole nitrogens is 1. The number of hydrazine groups is 1. The molecule has 5 N–H and O–H groups in total. The molecule has 0 fully saturated rings. The quantitative estimate of drug-likeness (QED) is 0.366. The molecule has 0 aliphatic rings. The molecule has 0 aliphatic heterocycles. The number of pyridine rings is 1. The topological polar surface area (TPSA) is 109 Å². The summed E-state index contributed by atoms with van der Waals surface area (Å²) in [6, 6.07) is 1.53. The summed E-state index contributed by atoms with van der Waals surface area (Å²) in [5.41, 5.74) is 4.97. The van der Waals surface area contributed by atoms with Crippen LogP contribution in [0.25, 0.3) is 0 Å². The smallest absolute Gasteiger partial charge is 0.252 e. The highest BCUT2D eigenvalue weighted by molar-refractivity contribution is 6.33. The van der Waals surface area contributed by atoms with Crippen molar-refractivity contribution < 1.29 is 4.79 Å². The second-order valence-corrected chi connectivity index (χ2v) is 4.99. The van der Waals surface area contributed by atoms with Gasteiger partial charge in [-0.05, 0) is 31.4 Å². The van der Waals surface area contributed by atoms with E-state index in [1.54, 1.807) is 6.20 Å². The lowest BCUT2D eigenvalue weighted by atomic mass is 10.1. The molecule has 1 amide bonds. The molecule has 7 nitrogen and oxygen atoms in total. The molecule has 0 saturated heterocycles. The van der Waals surface area contributed by atoms with Gasteiger partial charge in [0.1, 0.15) is 0 Å². The molecule has 2 aromatic rings. The van der Waals surface area contributed by atoms with Crippen molar-refractivity contribution in [1.29, 1.82) is 0 Å². The van der Waals surface area contributed by atoms with Crippen LogP contribution < -0.4 is 16.6 Å². The lowest BCUT2D eigenvalue weighted by Gasteiger charge is -2.07. The monoisotopic (exact) mass is 308 g/mol. The highest BCUT2D eigenvalue weighted by Crippen LogP contribution is 2.18. The molecule has 2 aromatic heterocycles. The molecule has 21 heavy (non-hydrogen) atoms. The summed E-state index contributed by atoms with van der Waals surface area (Å²) in [4.78, 5) is 15.9. The van der Waals surface area contributed by atoms with E-state index in [2.05, 4.69) is 25.9 Å². The fraction of sp³-hybridized carbons (Fsp3) is 0.308. The average molecular weight is 309 g/mol. The van der Waals surface area contributed by atoms with Crippen LogP contribution in [-0.2, 0) is 6.42 Å². The van der Waals surface area contributed by atoms with Crippen molar-refractivity contribution in [2.24, 2.45) is 5.84 Å². The molecule has 0 aromatic carbocycles. The van der Waals surface area contributed by atoms with Crippen LogP contribution in [0.4, 0.5) is 5.82 Å². The maximum atomic E-state index is 11.9. The molecule has 0 unspecified atom stereocenters. The van der Waals surface area contributed by atoms with Gasteiger partial charge in [0.15, 0.2) is 5.82 Å². The van der Waals surface area contributed by atoms with E-state index in [0.29, 0.717) is 22.9 Å². The Kier molecular flexibility index (Phi) is 5.13. The van der Waals surface area contributed by atoms with Crippen molar-refractivity contribution >= 4 is 23.3 Å². The zero-order valence-corrected chi connectivity index (χ0v) is 12.4. The van der Waals surface area contributed by atoms with Gasteiger partial charge in [0, 0.05) is 18.4 Å². The summed E-state index contributed by atoms with van der Waals surface area (Å²) >= 11 is 5.92. The van der Waals surface area contributed by atoms with Crippen LogP contribution in [0.1, 0.15) is 28.0 Å². The van der Waals surface area contributed by atoms with E-state index in [0.717, 1.165) is 24.1 Å². The number of hydrogen-bond donors (Lipinski definition) is 4. The number of carbonyl (C=O) groups is 1. The first kappa shape index (κ1) is 15.3. The van der Waals surface area contributed by atoms with Crippen LogP contribution in [0.15, 0.2) is 18.5 Å². The molecular formula is C13H17ClN6O.